The van der Waals surface area contributed by atoms with Crippen LogP contribution in [0.3, 0.4) is 0 Å². The Morgan fingerprint density at radius 3 is 2.88 bits per heavy atom. The summed E-state index contributed by atoms with van der Waals surface area (Å²) in [7, 11) is 1.20. The van der Waals surface area contributed by atoms with Crippen molar-refractivity contribution in [1.29, 1.82) is 0 Å². The van der Waals surface area contributed by atoms with Crippen LogP contribution in [0.25, 0.3) is 16.5 Å². The third kappa shape index (κ3) is 3.78. The molecule has 0 aromatic heterocycles. The number of carbonyl (C=O) groups excluding carboxylic acids is 1. The molecule has 5 nitrogen and oxygen atoms in total. The molecular formula is C10H7BrClN3O2. The summed E-state index contributed by atoms with van der Waals surface area (Å²) in [5.41, 5.74) is 8.75. The van der Waals surface area contributed by atoms with Crippen LogP contribution in [-0.2, 0) is 9.53 Å². The van der Waals surface area contributed by atoms with Crippen LogP contribution in [0.4, 0.5) is 0 Å². The lowest BCUT2D eigenvalue weighted by atomic mass is 10.2. The van der Waals surface area contributed by atoms with Crippen molar-refractivity contribution < 1.29 is 9.53 Å². The van der Waals surface area contributed by atoms with Crippen molar-refractivity contribution in [1.82, 2.24) is 0 Å². The van der Waals surface area contributed by atoms with Crippen LogP contribution in [0.1, 0.15) is 5.56 Å². The maximum Gasteiger partial charge on any atom is 0.340 e. The Hall–Kier alpha value is -1.49. The van der Waals surface area contributed by atoms with Gasteiger partial charge >= 0.3 is 5.97 Å². The van der Waals surface area contributed by atoms with Gasteiger partial charge in [-0.2, -0.15) is 0 Å². The standard InChI is InChI=1S/C10H7BrClN3O2/c1-17-10(16)9(14-15-13)4-6-2-3-7(11)5-8(6)12/h2-5H,1H3. The normalized spacial score (nSPS) is 10.6. The van der Waals surface area contributed by atoms with E-state index in [-0.39, 0.29) is 5.70 Å². The largest absolute Gasteiger partial charge is 0.466 e. The smallest absolute Gasteiger partial charge is 0.340 e. The first-order valence-corrected chi connectivity index (χ1v) is 5.55. The van der Waals surface area contributed by atoms with Crippen molar-refractivity contribution >= 4 is 39.6 Å². The number of halogens is 2. The number of hydrogen-bond donors (Lipinski definition) is 0. The molecule has 0 saturated heterocycles. The fourth-order valence-corrected chi connectivity index (χ4v) is 1.78. The highest BCUT2D eigenvalue weighted by molar-refractivity contribution is 9.10. The molecule has 88 valence electrons. The number of rotatable bonds is 3. The predicted molar refractivity (Wildman–Crippen MR) is 68.3 cm³/mol. The molecule has 1 aromatic rings. The van der Waals surface area contributed by atoms with Crippen molar-refractivity contribution in [2.75, 3.05) is 7.11 Å². The van der Waals surface area contributed by atoms with Gasteiger partial charge in [-0.05, 0) is 29.3 Å². The Morgan fingerprint density at radius 1 is 1.65 bits per heavy atom. The monoisotopic (exact) mass is 315 g/mol. The van der Waals surface area contributed by atoms with Crippen molar-refractivity contribution in [3.63, 3.8) is 0 Å². The average Bonchev–Trinajstić information content (AvgIpc) is 2.30. The Kier molecular flexibility index (Phi) is 5.03. The lowest BCUT2D eigenvalue weighted by Gasteiger charge is -2.01. The van der Waals surface area contributed by atoms with Crippen molar-refractivity contribution in [2.24, 2.45) is 5.11 Å². The third-order valence-corrected chi connectivity index (χ3v) is 2.62. The first-order chi connectivity index (χ1) is 8.08. The van der Waals surface area contributed by atoms with Crippen molar-refractivity contribution in [3.05, 3.63) is 49.4 Å². The summed E-state index contributed by atoms with van der Waals surface area (Å²) in [5, 5.41) is 3.68. The van der Waals surface area contributed by atoms with E-state index in [1.165, 1.54) is 13.2 Å². The fourth-order valence-electron chi connectivity index (χ4n) is 1.05. The summed E-state index contributed by atoms with van der Waals surface area (Å²) in [6.07, 6.45) is 1.36. The minimum absolute atomic E-state index is 0.153. The summed E-state index contributed by atoms with van der Waals surface area (Å²) in [6.45, 7) is 0. The van der Waals surface area contributed by atoms with Gasteiger partial charge in [0.15, 0.2) is 0 Å². The van der Waals surface area contributed by atoms with Gasteiger partial charge in [0.05, 0.1) is 7.11 Å². The first kappa shape index (κ1) is 13.6. The van der Waals surface area contributed by atoms with E-state index in [9.17, 15) is 4.79 Å². The summed E-state index contributed by atoms with van der Waals surface area (Å²) in [6, 6.07) is 5.10. The fraction of sp³-hybridized carbons (Fsp3) is 0.100. The van der Waals surface area contributed by atoms with Gasteiger partial charge in [-0.3, -0.25) is 0 Å². The molecule has 7 heteroatoms. The Balaban J connectivity index is 3.21. The Labute approximate surface area is 111 Å². The van der Waals surface area contributed by atoms with E-state index in [4.69, 9.17) is 17.1 Å². The number of esters is 1. The van der Waals surface area contributed by atoms with Gasteiger partial charge < -0.3 is 4.74 Å². The lowest BCUT2D eigenvalue weighted by molar-refractivity contribution is -0.136. The predicted octanol–water partition coefficient (Wildman–Crippen LogP) is 3.93. The minimum Gasteiger partial charge on any atom is -0.466 e. The van der Waals surface area contributed by atoms with Gasteiger partial charge in [-0.15, -0.1) is 0 Å². The molecule has 0 aliphatic rings. The van der Waals surface area contributed by atoms with Gasteiger partial charge in [0, 0.05) is 14.4 Å². The molecule has 1 aromatic carbocycles. The summed E-state index contributed by atoms with van der Waals surface area (Å²) in [5.74, 6) is -0.721. The quantitative estimate of drug-likeness (QED) is 0.278. The molecule has 0 unspecified atom stereocenters. The maximum absolute atomic E-state index is 11.3. The molecule has 0 aliphatic heterocycles. The molecular weight excluding hydrogens is 309 g/mol. The molecule has 0 N–H and O–H groups in total. The zero-order chi connectivity index (χ0) is 12.8. The van der Waals surface area contributed by atoms with Crippen LogP contribution in [0.2, 0.25) is 5.02 Å². The van der Waals surface area contributed by atoms with E-state index in [1.807, 2.05) is 0 Å². The summed E-state index contributed by atoms with van der Waals surface area (Å²) >= 11 is 9.22. The molecule has 0 amide bonds. The van der Waals surface area contributed by atoms with Crippen LogP contribution < -0.4 is 0 Å². The van der Waals surface area contributed by atoms with E-state index in [1.54, 1.807) is 18.2 Å². The average molecular weight is 317 g/mol. The van der Waals surface area contributed by atoms with Crippen molar-refractivity contribution in [3.8, 4) is 0 Å². The first-order valence-electron chi connectivity index (χ1n) is 4.38. The molecule has 0 fully saturated rings. The second-order valence-electron chi connectivity index (χ2n) is 2.88. The van der Waals surface area contributed by atoms with Crippen LogP contribution in [0.5, 0.6) is 0 Å². The SMILES string of the molecule is COC(=O)C(=Cc1ccc(Br)cc1Cl)N=[N+]=[N-]. The van der Waals surface area contributed by atoms with E-state index in [2.05, 4.69) is 30.7 Å². The molecule has 0 atom stereocenters. The molecule has 0 heterocycles. The minimum atomic E-state index is -0.721. The molecule has 0 saturated carbocycles. The zero-order valence-electron chi connectivity index (χ0n) is 8.72. The van der Waals surface area contributed by atoms with Crippen LogP contribution in [-0.4, -0.2) is 13.1 Å². The van der Waals surface area contributed by atoms with E-state index in [0.717, 1.165) is 4.47 Å². The third-order valence-electron chi connectivity index (χ3n) is 1.80. The Bertz CT molecular complexity index is 524. The lowest BCUT2D eigenvalue weighted by Crippen LogP contribution is -2.01. The molecule has 0 radical (unpaired) electrons. The van der Waals surface area contributed by atoms with E-state index in [0.29, 0.717) is 10.6 Å². The molecule has 0 bridgehead atoms. The second-order valence-corrected chi connectivity index (χ2v) is 4.20. The van der Waals surface area contributed by atoms with Gasteiger partial charge in [-0.25, -0.2) is 4.79 Å². The molecule has 1 rings (SSSR count). The van der Waals surface area contributed by atoms with Gasteiger partial charge in [0.1, 0.15) is 5.70 Å². The molecule has 0 aliphatic carbocycles. The summed E-state index contributed by atoms with van der Waals surface area (Å²) < 4.78 is 5.28. The van der Waals surface area contributed by atoms with Crippen LogP contribution in [0, 0.1) is 0 Å². The number of hydrogen-bond acceptors (Lipinski definition) is 3. The number of carbonyl (C=O) groups is 1. The maximum atomic E-state index is 11.3. The number of nitrogens with zero attached hydrogens (tertiary/aromatic N) is 3. The zero-order valence-corrected chi connectivity index (χ0v) is 11.1. The Morgan fingerprint density at radius 2 is 2.35 bits per heavy atom. The highest BCUT2D eigenvalue weighted by atomic mass is 79.9. The highest BCUT2D eigenvalue weighted by Crippen LogP contribution is 2.23. The van der Waals surface area contributed by atoms with Crippen LogP contribution >= 0.6 is 27.5 Å². The van der Waals surface area contributed by atoms with Gasteiger partial charge in [-0.1, -0.05) is 38.7 Å². The number of ether oxygens (including phenoxy) is 1. The van der Waals surface area contributed by atoms with Gasteiger partial charge in [0.25, 0.3) is 0 Å². The topological polar surface area (TPSA) is 75.1 Å². The number of methoxy groups -OCH3 is 1. The van der Waals surface area contributed by atoms with Crippen LogP contribution in [0.15, 0.2) is 33.5 Å². The van der Waals surface area contributed by atoms with Gasteiger partial charge in [0.2, 0.25) is 0 Å². The molecule has 0 spiro atoms. The highest BCUT2D eigenvalue weighted by Gasteiger charge is 2.08. The summed E-state index contributed by atoms with van der Waals surface area (Å²) in [4.78, 5) is 13.8. The van der Waals surface area contributed by atoms with Crippen molar-refractivity contribution in [2.45, 2.75) is 0 Å². The number of azide groups is 1. The second kappa shape index (κ2) is 6.30. The van der Waals surface area contributed by atoms with E-state index >= 15 is 0 Å². The molecule has 17 heavy (non-hydrogen) atoms. The number of benzene rings is 1. The van der Waals surface area contributed by atoms with E-state index < -0.39 is 5.97 Å².